The summed E-state index contributed by atoms with van der Waals surface area (Å²) < 4.78 is 11.0. The van der Waals surface area contributed by atoms with Gasteiger partial charge < -0.3 is 19.7 Å². The van der Waals surface area contributed by atoms with E-state index in [1.165, 1.54) is 6.42 Å². The lowest BCUT2D eigenvalue weighted by atomic mass is 9.85. The molecule has 0 aliphatic heterocycles. The number of aliphatic hydroxyl groups excluding tert-OH is 1. The van der Waals surface area contributed by atoms with Crippen molar-refractivity contribution < 1.29 is 19.7 Å². The largest absolute Gasteiger partial charge is 0.493 e. The number of hydrogen-bond donors (Lipinski definition) is 2. The number of hydrogen-bond acceptors (Lipinski definition) is 4. The Kier molecular flexibility index (Phi) is 4.89. The van der Waals surface area contributed by atoms with E-state index in [4.69, 9.17) is 9.47 Å². The predicted molar refractivity (Wildman–Crippen MR) is 77.2 cm³/mol. The van der Waals surface area contributed by atoms with Crippen molar-refractivity contribution in [2.45, 2.75) is 50.7 Å². The topological polar surface area (TPSA) is 58.9 Å². The van der Waals surface area contributed by atoms with Crippen LogP contribution in [0, 0.1) is 0 Å². The van der Waals surface area contributed by atoms with Crippen LogP contribution in [0.3, 0.4) is 0 Å². The SMILES string of the molecule is COc1cc(C(C)O)ccc1OCC1(O)CCCCC1. The number of rotatable bonds is 5. The van der Waals surface area contributed by atoms with Crippen LogP contribution in [0.1, 0.15) is 50.7 Å². The van der Waals surface area contributed by atoms with Crippen molar-refractivity contribution >= 4 is 0 Å². The van der Waals surface area contributed by atoms with E-state index in [1.807, 2.05) is 6.07 Å². The van der Waals surface area contributed by atoms with Gasteiger partial charge in [0.25, 0.3) is 0 Å². The third-order valence-corrected chi connectivity index (χ3v) is 3.95. The van der Waals surface area contributed by atoms with Crippen LogP contribution in [-0.2, 0) is 0 Å². The molecule has 1 unspecified atom stereocenters. The quantitative estimate of drug-likeness (QED) is 0.870. The molecule has 4 nitrogen and oxygen atoms in total. The second-order valence-corrected chi connectivity index (χ2v) is 5.66. The van der Waals surface area contributed by atoms with E-state index < -0.39 is 11.7 Å². The molecule has 1 aliphatic rings. The molecule has 0 radical (unpaired) electrons. The highest BCUT2D eigenvalue weighted by molar-refractivity contribution is 5.43. The van der Waals surface area contributed by atoms with E-state index in [9.17, 15) is 10.2 Å². The van der Waals surface area contributed by atoms with Gasteiger partial charge in [-0.05, 0) is 37.5 Å². The fraction of sp³-hybridized carbons (Fsp3) is 0.625. The van der Waals surface area contributed by atoms with Gasteiger partial charge in [0.15, 0.2) is 11.5 Å². The average Bonchev–Trinajstić information content (AvgIpc) is 2.45. The monoisotopic (exact) mass is 280 g/mol. The summed E-state index contributed by atoms with van der Waals surface area (Å²) in [5.41, 5.74) is 0.0669. The van der Waals surface area contributed by atoms with Crippen molar-refractivity contribution in [2.75, 3.05) is 13.7 Å². The minimum atomic E-state index is -0.716. The lowest BCUT2D eigenvalue weighted by molar-refractivity contribution is -0.0343. The summed E-state index contributed by atoms with van der Waals surface area (Å²) in [5.74, 6) is 1.19. The van der Waals surface area contributed by atoms with Gasteiger partial charge in [0.2, 0.25) is 0 Å². The first-order valence-electron chi connectivity index (χ1n) is 7.25. The van der Waals surface area contributed by atoms with E-state index in [2.05, 4.69) is 0 Å². The molecule has 0 saturated heterocycles. The Hall–Kier alpha value is -1.26. The maximum Gasteiger partial charge on any atom is 0.161 e. The molecule has 1 aliphatic carbocycles. The summed E-state index contributed by atoms with van der Waals surface area (Å²) in [5, 5.41) is 20.0. The summed E-state index contributed by atoms with van der Waals surface area (Å²) in [7, 11) is 1.57. The van der Waals surface area contributed by atoms with Gasteiger partial charge >= 0.3 is 0 Å². The molecule has 0 bridgehead atoms. The normalized spacial score (nSPS) is 19.4. The molecule has 1 aromatic rings. The van der Waals surface area contributed by atoms with Crippen molar-refractivity contribution in [3.05, 3.63) is 23.8 Å². The van der Waals surface area contributed by atoms with Gasteiger partial charge in [-0.3, -0.25) is 0 Å². The Labute approximate surface area is 120 Å². The van der Waals surface area contributed by atoms with E-state index >= 15 is 0 Å². The van der Waals surface area contributed by atoms with Crippen LogP contribution >= 0.6 is 0 Å². The zero-order chi connectivity index (χ0) is 14.6. The number of ether oxygens (including phenoxy) is 2. The first kappa shape index (κ1) is 15.1. The van der Waals surface area contributed by atoms with E-state index in [1.54, 1.807) is 26.2 Å². The summed E-state index contributed by atoms with van der Waals surface area (Å²) in [6.45, 7) is 2.00. The van der Waals surface area contributed by atoms with Crippen LogP contribution in [0.2, 0.25) is 0 Å². The summed E-state index contributed by atoms with van der Waals surface area (Å²) in [6.07, 6.45) is 4.34. The predicted octanol–water partition coefficient (Wildman–Crippen LogP) is 2.82. The van der Waals surface area contributed by atoms with Crippen LogP contribution in [-0.4, -0.2) is 29.5 Å². The smallest absolute Gasteiger partial charge is 0.161 e. The van der Waals surface area contributed by atoms with Crippen molar-refractivity contribution in [1.29, 1.82) is 0 Å². The molecule has 2 N–H and O–H groups in total. The molecule has 1 fully saturated rings. The summed E-state index contributed by atoms with van der Waals surface area (Å²) in [6, 6.07) is 5.37. The second-order valence-electron chi connectivity index (χ2n) is 5.66. The molecular formula is C16H24O4. The molecule has 1 atom stereocenters. The van der Waals surface area contributed by atoms with Crippen LogP contribution in [0.4, 0.5) is 0 Å². The average molecular weight is 280 g/mol. The summed E-state index contributed by atoms with van der Waals surface area (Å²) >= 11 is 0. The molecule has 1 aromatic carbocycles. The van der Waals surface area contributed by atoms with Crippen molar-refractivity contribution in [2.24, 2.45) is 0 Å². The molecule has 2 rings (SSSR count). The highest BCUT2D eigenvalue weighted by Gasteiger charge is 2.30. The zero-order valence-electron chi connectivity index (χ0n) is 12.3. The van der Waals surface area contributed by atoms with Gasteiger partial charge in [0, 0.05) is 0 Å². The van der Waals surface area contributed by atoms with E-state index in [0.29, 0.717) is 11.5 Å². The van der Waals surface area contributed by atoms with Gasteiger partial charge in [0.05, 0.1) is 18.8 Å². The third kappa shape index (κ3) is 3.64. The third-order valence-electron chi connectivity index (χ3n) is 3.95. The van der Waals surface area contributed by atoms with Crippen LogP contribution in [0.15, 0.2) is 18.2 Å². The molecule has 0 heterocycles. The standard InChI is InChI=1S/C16H24O4/c1-12(17)13-6-7-14(15(10-13)19-2)20-11-16(18)8-4-3-5-9-16/h6-7,10,12,17-18H,3-5,8-9,11H2,1-2H3. The Bertz CT molecular complexity index is 436. The van der Waals surface area contributed by atoms with Crippen LogP contribution in [0.5, 0.6) is 11.5 Å². The first-order chi connectivity index (χ1) is 9.54. The number of methoxy groups -OCH3 is 1. The molecule has 4 heteroatoms. The van der Waals surface area contributed by atoms with Gasteiger partial charge in [-0.1, -0.05) is 25.3 Å². The van der Waals surface area contributed by atoms with Gasteiger partial charge in [0.1, 0.15) is 6.61 Å². The number of aliphatic hydroxyl groups is 2. The maximum absolute atomic E-state index is 10.4. The Morgan fingerprint density at radius 1 is 1.20 bits per heavy atom. The molecule has 1 saturated carbocycles. The Morgan fingerprint density at radius 2 is 1.90 bits per heavy atom. The highest BCUT2D eigenvalue weighted by atomic mass is 16.5. The van der Waals surface area contributed by atoms with E-state index in [-0.39, 0.29) is 6.61 Å². The fourth-order valence-electron chi connectivity index (χ4n) is 2.63. The fourth-order valence-corrected chi connectivity index (χ4v) is 2.63. The molecule has 20 heavy (non-hydrogen) atoms. The van der Waals surface area contributed by atoms with Gasteiger partial charge in [-0.25, -0.2) is 0 Å². The molecule has 112 valence electrons. The lowest BCUT2D eigenvalue weighted by Gasteiger charge is -2.31. The molecular weight excluding hydrogens is 256 g/mol. The first-order valence-corrected chi connectivity index (χ1v) is 7.25. The molecule has 0 aromatic heterocycles. The minimum absolute atomic E-state index is 0.289. The maximum atomic E-state index is 10.4. The minimum Gasteiger partial charge on any atom is -0.493 e. The molecule has 0 spiro atoms. The van der Waals surface area contributed by atoms with Crippen molar-refractivity contribution in [3.8, 4) is 11.5 Å². The van der Waals surface area contributed by atoms with E-state index in [0.717, 1.165) is 31.2 Å². The Morgan fingerprint density at radius 3 is 2.50 bits per heavy atom. The van der Waals surface area contributed by atoms with Gasteiger partial charge in [-0.15, -0.1) is 0 Å². The number of benzene rings is 1. The van der Waals surface area contributed by atoms with Crippen molar-refractivity contribution in [1.82, 2.24) is 0 Å². The zero-order valence-corrected chi connectivity index (χ0v) is 12.3. The second kappa shape index (κ2) is 6.46. The lowest BCUT2D eigenvalue weighted by Crippen LogP contribution is -2.37. The summed E-state index contributed by atoms with van der Waals surface area (Å²) in [4.78, 5) is 0. The highest BCUT2D eigenvalue weighted by Crippen LogP contribution is 2.33. The molecule has 0 amide bonds. The van der Waals surface area contributed by atoms with Crippen LogP contribution in [0.25, 0.3) is 0 Å². The van der Waals surface area contributed by atoms with Crippen LogP contribution < -0.4 is 9.47 Å². The van der Waals surface area contributed by atoms with Gasteiger partial charge in [-0.2, -0.15) is 0 Å². The Balaban J connectivity index is 2.05. The van der Waals surface area contributed by atoms with Crippen molar-refractivity contribution in [3.63, 3.8) is 0 Å².